The predicted molar refractivity (Wildman–Crippen MR) is 129 cm³/mol. The molecule has 9 nitrogen and oxygen atoms in total. The van der Waals surface area contributed by atoms with Crippen LogP contribution >= 0.6 is 27.5 Å². The van der Waals surface area contributed by atoms with E-state index in [0.717, 1.165) is 15.5 Å². The van der Waals surface area contributed by atoms with Crippen LogP contribution in [0.25, 0.3) is 10.9 Å². The molecule has 180 valence electrons. The number of hydrogen-bond acceptors (Lipinski definition) is 9. The third-order valence-corrected chi connectivity index (χ3v) is 7.14. The van der Waals surface area contributed by atoms with Crippen LogP contribution in [0.4, 0.5) is 11.5 Å². The lowest BCUT2D eigenvalue weighted by atomic mass is 10.1. The Bertz CT molecular complexity index is 1200. The van der Waals surface area contributed by atoms with Crippen LogP contribution < -0.4 is 14.8 Å². The van der Waals surface area contributed by atoms with E-state index in [9.17, 15) is 0 Å². The summed E-state index contributed by atoms with van der Waals surface area (Å²) in [5.74, 6) is 1.67. The van der Waals surface area contributed by atoms with Crippen LogP contribution in [0.5, 0.6) is 11.5 Å². The predicted octanol–water partition coefficient (Wildman–Crippen LogP) is 4.33. The second-order valence-corrected chi connectivity index (χ2v) is 9.12. The van der Waals surface area contributed by atoms with Gasteiger partial charge in [-0.3, -0.25) is 0 Å². The maximum absolute atomic E-state index is 6.30. The number of methoxy groups -OCH3 is 3. The van der Waals surface area contributed by atoms with Crippen molar-refractivity contribution >= 4 is 49.9 Å². The van der Waals surface area contributed by atoms with Crippen molar-refractivity contribution in [1.29, 1.82) is 0 Å². The number of nitrogens with zero attached hydrogens (tertiary/aromatic N) is 2. The van der Waals surface area contributed by atoms with Crippen LogP contribution in [-0.4, -0.2) is 68.6 Å². The van der Waals surface area contributed by atoms with Gasteiger partial charge in [0.2, 0.25) is 0 Å². The standard InChI is InChI=1S/C23H23BrClN3O6/c1-29-16-7-12-15(26-10-27-22(12)28-11-4-5-13(24)14(25)6-11)8-17(16)33-18-9-32-20-19(18)34-23(31-3)21(20)30-2/h4-8,10,18-21,23H,9H2,1-3H3,(H,26,27,28)/t18-,19+,20-,21+,23?/m0/s1. The minimum Gasteiger partial charge on any atom is -0.493 e. The van der Waals surface area contributed by atoms with E-state index in [1.54, 1.807) is 21.3 Å². The number of hydrogen-bond donors (Lipinski definition) is 1. The van der Waals surface area contributed by atoms with Gasteiger partial charge < -0.3 is 33.7 Å². The maximum atomic E-state index is 6.30. The van der Waals surface area contributed by atoms with Crippen molar-refractivity contribution in [2.45, 2.75) is 30.7 Å². The SMILES string of the molecule is COc1cc2c(Nc3ccc(Br)c(Cl)c3)ncnc2cc1O[C@H]1CO[C@H]2[C@@H]1OC(OC)[C@@H]2OC. The first kappa shape index (κ1) is 23.5. The Morgan fingerprint density at radius 2 is 1.91 bits per heavy atom. The van der Waals surface area contributed by atoms with Gasteiger partial charge in [-0.15, -0.1) is 0 Å². The highest BCUT2D eigenvalue weighted by atomic mass is 79.9. The largest absolute Gasteiger partial charge is 0.493 e. The minimum atomic E-state index is -0.515. The Labute approximate surface area is 209 Å². The zero-order valence-electron chi connectivity index (χ0n) is 18.7. The number of ether oxygens (including phenoxy) is 6. The van der Waals surface area contributed by atoms with Crippen LogP contribution in [0, 0.1) is 0 Å². The number of rotatable bonds is 7. The molecule has 3 aromatic rings. The fourth-order valence-corrected chi connectivity index (χ4v) is 4.69. The van der Waals surface area contributed by atoms with Gasteiger partial charge in [0.15, 0.2) is 23.9 Å². The summed E-state index contributed by atoms with van der Waals surface area (Å²) < 4.78 is 35.6. The van der Waals surface area contributed by atoms with Crippen molar-refractivity contribution < 1.29 is 28.4 Å². The summed E-state index contributed by atoms with van der Waals surface area (Å²) in [6, 6.07) is 9.24. The first-order valence-corrected chi connectivity index (χ1v) is 11.7. The van der Waals surface area contributed by atoms with Crippen LogP contribution in [0.15, 0.2) is 41.1 Å². The second kappa shape index (κ2) is 9.80. The zero-order valence-corrected chi connectivity index (χ0v) is 21.0. The summed E-state index contributed by atoms with van der Waals surface area (Å²) in [6.07, 6.45) is -0.322. The quantitative estimate of drug-likeness (QED) is 0.460. The Kier molecular flexibility index (Phi) is 6.79. The summed E-state index contributed by atoms with van der Waals surface area (Å²) in [7, 11) is 4.77. The van der Waals surface area contributed by atoms with E-state index < -0.39 is 6.29 Å². The first-order valence-electron chi connectivity index (χ1n) is 10.6. The van der Waals surface area contributed by atoms with Crippen molar-refractivity contribution in [2.75, 3.05) is 33.3 Å². The molecule has 34 heavy (non-hydrogen) atoms. The van der Waals surface area contributed by atoms with E-state index in [2.05, 4.69) is 31.2 Å². The zero-order chi connectivity index (χ0) is 23.8. The van der Waals surface area contributed by atoms with Crippen molar-refractivity contribution in [1.82, 2.24) is 9.97 Å². The molecule has 0 radical (unpaired) electrons. The molecule has 2 aromatic carbocycles. The highest BCUT2D eigenvalue weighted by molar-refractivity contribution is 9.10. The first-order chi connectivity index (χ1) is 16.5. The lowest BCUT2D eigenvalue weighted by molar-refractivity contribution is -0.171. The summed E-state index contributed by atoms with van der Waals surface area (Å²) in [5, 5.41) is 4.65. The molecule has 0 amide bonds. The summed E-state index contributed by atoms with van der Waals surface area (Å²) >= 11 is 9.63. The van der Waals surface area contributed by atoms with Gasteiger partial charge in [0.25, 0.3) is 0 Å². The van der Waals surface area contributed by atoms with Gasteiger partial charge in [0.05, 0.1) is 24.3 Å². The second-order valence-electron chi connectivity index (χ2n) is 7.86. The van der Waals surface area contributed by atoms with Gasteiger partial charge in [0, 0.05) is 35.8 Å². The molecule has 0 aliphatic carbocycles. The van der Waals surface area contributed by atoms with E-state index in [4.69, 9.17) is 40.0 Å². The topological polar surface area (TPSA) is 93.2 Å². The molecule has 0 saturated carbocycles. The Hall–Kier alpha value is -2.21. The molecule has 1 unspecified atom stereocenters. The molecule has 5 atom stereocenters. The van der Waals surface area contributed by atoms with Gasteiger partial charge in [-0.2, -0.15) is 0 Å². The van der Waals surface area contributed by atoms with Crippen molar-refractivity contribution in [3.8, 4) is 11.5 Å². The molecule has 1 N–H and O–H groups in total. The van der Waals surface area contributed by atoms with Crippen LogP contribution in [0.1, 0.15) is 0 Å². The summed E-state index contributed by atoms with van der Waals surface area (Å²) in [4.78, 5) is 8.82. The highest BCUT2D eigenvalue weighted by Gasteiger charge is 2.54. The smallest absolute Gasteiger partial charge is 0.186 e. The van der Waals surface area contributed by atoms with E-state index in [1.165, 1.54) is 6.33 Å². The average Bonchev–Trinajstić information content (AvgIpc) is 3.40. The lowest BCUT2D eigenvalue weighted by Gasteiger charge is -2.21. The number of anilines is 2. The molecular formula is C23H23BrClN3O6. The molecule has 2 aliphatic heterocycles. The molecule has 0 bridgehead atoms. The monoisotopic (exact) mass is 551 g/mol. The molecule has 5 rings (SSSR count). The third-order valence-electron chi connectivity index (χ3n) is 5.91. The summed E-state index contributed by atoms with van der Waals surface area (Å²) in [5.41, 5.74) is 1.48. The van der Waals surface area contributed by atoms with Gasteiger partial charge in [-0.05, 0) is 40.2 Å². The normalized spacial score (nSPS) is 26.0. The van der Waals surface area contributed by atoms with Gasteiger partial charge in [-0.25, -0.2) is 9.97 Å². The molecule has 11 heteroatoms. The van der Waals surface area contributed by atoms with Crippen molar-refractivity contribution in [2.24, 2.45) is 0 Å². The fraction of sp³-hybridized carbons (Fsp3) is 0.391. The van der Waals surface area contributed by atoms with Crippen molar-refractivity contribution in [3.63, 3.8) is 0 Å². The van der Waals surface area contributed by atoms with Crippen LogP contribution in [0.3, 0.4) is 0 Å². The Balaban J connectivity index is 1.42. The minimum absolute atomic E-state index is 0.276. The van der Waals surface area contributed by atoms with Gasteiger partial charge in [0.1, 0.15) is 30.5 Å². The van der Waals surface area contributed by atoms with E-state index in [-0.39, 0.29) is 24.4 Å². The molecule has 2 fully saturated rings. The maximum Gasteiger partial charge on any atom is 0.186 e. The van der Waals surface area contributed by atoms with Gasteiger partial charge >= 0.3 is 0 Å². The summed E-state index contributed by atoms with van der Waals surface area (Å²) in [6.45, 7) is 0.355. The van der Waals surface area contributed by atoms with E-state index >= 15 is 0 Å². The van der Waals surface area contributed by atoms with Gasteiger partial charge in [-0.1, -0.05) is 11.6 Å². The van der Waals surface area contributed by atoms with Crippen LogP contribution in [0.2, 0.25) is 5.02 Å². The molecule has 1 aromatic heterocycles. The molecule has 2 aliphatic rings. The number of aromatic nitrogens is 2. The Morgan fingerprint density at radius 1 is 1.06 bits per heavy atom. The third kappa shape index (κ3) is 4.30. The Morgan fingerprint density at radius 3 is 2.65 bits per heavy atom. The van der Waals surface area contributed by atoms with Crippen LogP contribution in [-0.2, 0) is 18.9 Å². The lowest BCUT2D eigenvalue weighted by Crippen LogP contribution is -2.35. The average molecular weight is 553 g/mol. The van der Waals surface area contributed by atoms with E-state index in [0.29, 0.717) is 34.5 Å². The van der Waals surface area contributed by atoms with E-state index in [1.807, 2.05) is 30.3 Å². The highest BCUT2D eigenvalue weighted by Crippen LogP contribution is 2.39. The molecule has 3 heterocycles. The molecular weight excluding hydrogens is 530 g/mol. The number of halogens is 2. The number of benzene rings is 2. The fourth-order valence-electron chi connectivity index (χ4n) is 4.27. The molecule has 2 saturated heterocycles. The molecule has 0 spiro atoms. The number of nitrogens with one attached hydrogen (secondary N) is 1. The van der Waals surface area contributed by atoms with Crippen molar-refractivity contribution in [3.05, 3.63) is 46.2 Å². The number of fused-ring (bicyclic) bond motifs is 2.